The largest absolute Gasteiger partial charge is 0.0877 e. The number of rotatable bonds is 5. The van der Waals surface area contributed by atoms with Gasteiger partial charge < -0.3 is 0 Å². The van der Waals surface area contributed by atoms with Crippen LogP contribution >= 0.6 is 0 Å². The van der Waals surface area contributed by atoms with Gasteiger partial charge in [0.05, 0.1) is 0 Å². The molecule has 0 radical (unpaired) electrons. The minimum Gasteiger partial charge on any atom is -0.0877 e. The molecule has 1 aliphatic rings. The molecule has 2 unspecified atom stereocenters. The topological polar surface area (TPSA) is 0 Å². The summed E-state index contributed by atoms with van der Waals surface area (Å²) in [6.07, 6.45) is 13.7. The van der Waals surface area contributed by atoms with Gasteiger partial charge >= 0.3 is 0 Å². The van der Waals surface area contributed by atoms with Crippen LogP contribution in [-0.2, 0) is 0 Å². The first-order valence-corrected chi connectivity index (χ1v) is 6.99. The van der Waals surface area contributed by atoms with Crippen molar-refractivity contribution < 1.29 is 0 Å². The molecule has 1 saturated carbocycles. The molecule has 0 nitrogen and oxygen atoms in total. The van der Waals surface area contributed by atoms with Crippen LogP contribution in [-0.4, -0.2) is 0 Å². The third-order valence-electron chi connectivity index (χ3n) is 3.78. The fourth-order valence-electron chi connectivity index (χ4n) is 3.05. The lowest BCUT2D eigenvalue weighted by Crippen LogP contribution is -2.02. The second kappa shape index (κ2) is 6.93. The van der Waals surface area contributed by atoms with Crippen LogP contribution in [0.1, 0.15) is 59.8 Å². The average molecular weight is 220 g/mol. The molecule has 0 heterocycles. The molecular formula is C16H28. The standard InChI is InChI=1S/C16H28/c1-5-7-8-15(6-2)16-10-9-14(12-16)11-13(3)4/h5,7-8,13-14,16H,6,9-12H2,1-4H3/b7-5-,15-8+. The summed E-state index contributed by atoms with van der Waals surface area (Å²) in [5.41, 5.74) is 1.67. The van der Waals surface area contributed by atoms with Gasteiger partial charge in [-0.3, -0.25) is 0 Å². The van der Waals surface area contributed by atoms with E-state index in [9.17, 15) is 0 Å². The maximum Gasteiger partial charge on any atom is -0.0197 e. The van der Waals surface area contributed by atoms with Crippen molar-refractivity contribution in [2.24, 2.45) is 17.8 Å². The quantitative estimate of drug-likeness (QED) is 0.547. The molecule has 16 heavy (non-hydrogen) atoms. The van der Waals surface area contributed by atoms with E-state index >= 15 is 0 Å². The highest BCUT2D eigenvalue weighted by Gasteiger charge is 2.26. The zero-order chi connectivity index (χ0) is 12.0. The summed E-state index contributed by atoms with van der Waals surface area (Å²) in [4.78, 5) is 0. The van der Waals surface area contributed by atoms with Crippen LogP contribution in [0.5, 0.6) is 0 Å². The fourth-order valence-corrected chi connectivity index (χ4v) is 3.05. The maximum atomic E-state index is 2.35. The van der Waals surface area contributed by atoms with E-state index in [4.69, 9.17) is 0 Å². The Morgan fingerprint density at radius 2 is 2.06 bits per heavy atom. The van der Waals surface area contributed by atoms with Crippen LogP contribution in [0, 0.1) is 17.8 Å². The second-order valence-electron chi connectivity index (χ2n) is 5.63. The SMILES string of the molecule is C/C=C\C=C(/CC)C1CCC(CC(C)C)C1. The van der Waals surface area contributed by atoms with E-state index in [1.165, 1.54) is 32.1 Å². The molecule has 0 amide bonds. The highest BCUT2D eigenvalue weighted by Crippen LogP contribution is 2.39. The average Bonchev–Trinajstić information content (AvgIpc) is 2.67. The highest BCUT2D eigenvalue weighted by molar-refractivity contribution is 5.16. The molecule has 2 atom stereocenters. The molecule has 0 bridgehead atoms. The summed E-state index contributed by atoms with van der Waals surface area (Å²) in [6, 6.07) is 0. The monoisotopic (exact) mass is 220 g/mol. The molecule has 1 aliphatic carbocycles. The van der Waals surface area contributed by atoms with Crippen LogP contribution in [0.4, 0.5) is 0 Å². The fraction of sp³-hybridized carbons (Fsp3) is 0.750. The van der Waals surface area contributed by atoms with Gasteiger partial charge in [0.15, 0.2) is 0 Å². The van der Waals surface area contributed by atoms with E-state index in [2.05, 4.69) is 45.9 Å². The molecule has 92 valence electrons. The zero-order valence-corrected chi connectivity index (χ0v) is 11.5. The van der Waals surface area contributed by atoms with Crippen molar-refractivity contribution in [3.8, 4) is 0 Å². The first kappa shape index (κ1) is 13.5. The summed E-state index contributed by atoms with van der Waals surface area (Å²) in [5.74, 6) is 2.74. The van der Waals surface area contributed by atoms with E-state index in [0.717, 1.165) is 17.8 Å². The third-order valence-corrected chi connectivity index (χ3v) is 3.78. The Hall–Kier alpha value is -0.520. The van der Waals surface area contributed by atoms with E-state index in [0.29, 0.717) is 0 Å². The maximum absolute atomic E-state index is 2.35. The van der Waals surface area contributed by atoms with Crippen LogP contribution in [0.15, 0.2) is 23.8 Å². The van der Waals surface area contributed by atoms with E-state index in [1.807, 2.05) is 0 Å². The Balaban J connectivity index is 2.50. The van der Waals surface area contributed by atoms with Crippen molar-refractivity contribution in [2.75, 3.05) is 0 Å². The zero-order valence-electron chi connectivity index (χ0n) is 11.5. The molecule has 0 N–H and O–H groups in total. The van der Waals surface area contributed by atoms with Gasteiger partial charge in [-0.2, -0.15) is 0 Å². The van der Waals surface area contributed by atoms with E-state index < -0.39 is 0 Å². The third kappa shape index (κ3) is 4.15. The number of allylic oxidation sites excluding steroid dienone is 4. The lowest BCUT2D eigenvalue weighted by molar-refractivity contribution is 0.409. The summed E-state index contributed by atoms with van der Waals surface area (Å²) >= 11 is 0. The van der Waals surface area contributed by atoms with Crippen LogP contribution in [0.25, 0.3) is 0 Å². The Morgan fingerprint density at radius 1 is 1.31 bits per heavy atom. The molecule has 0 saturated heterocycles. The molecule has 0 heteroatoms. The minimum atomic E-state index is 0.869. The van der Waals surface area contributed by atoms with Crippen molar-refractivity contribution in [1.82, 2.24) is 0 Å². The van der Waals surface area contributed by atoms with Crippen molar-refractivity contribution in [1.29, 1.82) is 0 Å². The summed E-state index contributed by atoms with van der Waals surface area (Å²) < 4.78 is 0. The van der Waals surface area contributed by atoms with Crippen LogP contribution in [0.2, 0.25) is 0 Å². The minimum absolute atomic E-state index is 0.869. The van der Waals surface area contributed by atoms with Gasteiger partial charge in [0.1, 0.15) is 0 Å². The first-order chi connectivity index (χ1) is 7.67. The Kier molecular flexibility index (Phi) is 5.87. The highest BCUT2D eigenvalue weighted by atomic mass is 14.3. The first-order valence-electron chi connectivity index (χ1n) is 6.99. The number of hydrogen-bond donors (Lipinski definition) is 0. The smallest absolute Gasteiger partial charge is 0.0197 e. The van der Waals surface area contributed by atoms with Crippen molar-refractivity contribution in [3.05, 3.63) is 23.8 Å². The van der Waals surface area contributed by atoms with Crippen molar-refractivity contribution in [2.45, 2.75) is 59.8 Å². The summed E-state index contributed by atoms with van der Waals surface area (Å²) in [7, 11) is 0. The van der Waals surface area contributed by atoms with Crippen LogP contribution in [0.3, 0.4) is 0 Å². The van der Waals surface area contributed by atoms with Crippen molar-refractivity contribution in [3.63, 3.8) is 0 Å². The molecule has 0 aromatic heterocycles. The predicted molar refractivity (Wildman–Crippen MR) is 73.5 cm³/mol. The second-order valence-corrected chi connectivity index (χ2v) is 5.63. The normalized spacial score (nSPS) is 27.2. The lowest BCUT2D eigenvalue weighted by atomic mass is 9.91. The van der Waals surface area contributed by atoms with Crippen molar-refractivity contribution >= 4 is 0 Å². The summed E-state index contributed by atoms with van der Waals surface area (Å²) in [5, 5.41) is 0. The number of hydrogen-bond acceptors (Lipinski definition) is 0. The van der Waals surface area contributed by atoms with E-state index in [-0.39, 0.29) is 0 Å². The van der Waals surface area contributed by atoms with Gasteiger partial charge in [-0.25, -0.2) is 0 Å². The Bertz CT molecular complexity index is 245. The van der Waals surface area contributed by atoms with Gasteiger partial charge in [-0.15, -0.1) is 0 Å². The molecule has 0 aromatic rings. The van der Waals surface area contributed by atoms with Gasteiger partial charge in [0.25, 0.3) is 0 Å². The van der Waals surface area contributed by atoms with Crippen LogP contribution < -0.4 is 0 Å². The van der Waals surface area contributed by atoms with E-state index in [1.54, 1.807) is 5.57 Å². The molecule has 0 aromatic carbocycles. The van der Waals surface area contributed by atoms with Gasteiger partial charge in [0, 0.05) is 0 Å². The predicted octanol–water partition coefficient (Wildman–Crippen LogP) is 5.36. The molecular weight excluding hydrogens is 192 g/mol. The van der Waals surface area contributed by atoms with Gasteiger partial charge in [-0.05, 0) is 56.8 Å². The van der Waals surface area contributed by atoms with Gasteiger partial charge in [0.2, 0.25) is 0 Å². The molecule has 1 fully saturated rings. The molecule has 1 rings (SSSR count). The molecule has 0 aliphatic heterocycles. The molecule has 0 spiro atoms. The lowest BCUT2D eigenvalue weighted by Gasteiger charge is -2.15. The Morgan fingerprint density at radius 3 is 2.62 bits per heavy atom. The Labute approximate surface area is 102 Å². The van der Waals surface area contributed by atoms with Gasteiger partial charge in [-0.1, -0.05) is 44.6 Å². The summed E-state index contributed by atoms with van der Waals surface area (Å²) in [6.45, 7) is 9.10.